The Morgan fingerprint density at radius 3 is 2.78 bits per heavy atom. The first-order chi connectivity index (χ1) is 8.58. The number of carbonyl (C=O) groups is 1. The number of hydrogen-bond donors (Lipinski definition) is 2. The number of benzene rings is 1. The Labute approximate surface area is 116 Å². The molecule has 0 aliphatic heterocycles. The third kappa shape index (κ3) is 4.31. The topological polar surface area (TPSA) is 50.4 Å². The number of rotatable bonds is 6. The lowest BCUT2D eigenvalue weighted by Gasteiger charge is -2.15. The molecular formula is C13H19BrN2O2. The zero-order valence-corrected chi connectivity index (χ0v) is 12.5. The Bertz CT molecular complexity index is 410. The van der Waals surface area contributed by atoms with Gasteiger partial charge in [-0.25, -0.2) is 0 Å². The van der Waals surface area contributed by atoms with Crippen LogP contribution in [0.2, 0.25) is 0 Å². The molecule has 0 aliphatic rings. The molecule has 0 heterocycles. The Morgan fingerprint density at radius 2 is 2.22 bits per heavy atom. The smallest absolute Gasteiger partial charge is 0.233 e. The molecule has 0 aliphatic carbocycles. The molecule has 1 rings (SSSR count). The van der Waals surface area contributed by atoms with Crippen molar-refractivity contribution in [2.24, 2.45) is 0 Å². The fraction of sp³-hybridized carbons (Fsp3) is 0.462. The molecule has 18 heavy (non-hydrogen) atoms. The van der Waals surface area contributed by atoms with Crippen LogP contribution in [0.15, 0.2) is 22.7 Å². The van der Waals surface area contributed by atoms with Crippen molar-refractivity contribution >= 4 is 21.8 Å². The Balaban J connectivity index is 2.58. The van der Waals surface area contributed by atoms with Gasteiger partial charge in [0.2, 0.25) is 5.91 Å². The molecule has 0 aromatic heterocycles. The average molecular weight is 315 g/mol. The lowest BCUT2D eigenvalue weighted by molar-refractivity contribution is -0.120. The summed E-state index contributed by atoms with van der Waals surface area (Å²) in [6, 6.07) is 5.99. The van der Waals surface area contributed by atoms with Gasteiger partial charge in [0.05, 0.1) is 18.1 Å². The van der Waals surface area contributed by atoms with Crippen molar-refractivity contribution in [2.75, 3.05) is 20.2 Å². The van der Waals surface area contributed by atoms with Crippen molar-refractivity contribution in [3.8, 4) is 5.75 Å². The summed E-state index contributed by atoms with van der Waals surface area (Å²) in [4.78, 5) is 11.3. The second-order valence-corrected chi connectivity index (χ2v) is 4.80. The molecule has 1 aromatic rings. The number of likely N-dealkylation sites (N-methyl/N-ethyl adjacent to an activating group) is 1. The summed E-state index contributed by atoms with van der Waals surface area (Å²) in [7, 11) is 1.64. The highest BCUT2D eigenvalue weighted by atomic mass is 79.9. The van der Waals surface area contributed by atoms with Crippen molar-refractivity contribution in [3.63, 3.8) is 0 Å². The van der Waals surface area contributed by atoms with E-state index in [1.54, 1.807) is 7.11 Å². The van der Waals surface area contributed by atoms with Crippen LogP contribution in [0.25, 0.3) is 0 Å². The number of methoxy groups -OCH3 is 1. The zero-order chi connectivity index (χ0) is 13.5. The zero-order valence-electron chi connectivity index (χ0n) is 10.9. The molecule has 5 heteroatoms. The third-order valence-corrected chi connectivity index (χ3v) is 3.24. The number of nitrogens with one attached hydrogen (secondary N) is 2. The molecule has 0 radical (unpaired) electrons. The molecule has 0 saturated carbocycles. The highest BCUT2D eigenvalue weighted by Gasteiger charge is 2.09. The monoisotopic (exact) mass is 314 g/mol. The molecule has 0 saturated heterocycles. The van der Waals surface area contributed by atoms with Gasteiger partial charge in [-0.05, 0) is 47.5 Å². The van der Waals surface area contributed by atoms with Crippen molar-refractivity contribution < 1.29 is 9.53 Å². The van der Waals surface area contributed by atoms with Crippen LogP contribution in [0.4, 0.5) is 0 Å². The van der Waals surface area contributed by atoms with Gasteiger partial charge in [-0.1, -0.05) is 6.07 Å². The maximum absolute atomic E-state index is 11.3. The first-order valence-electron chi connectivity index (χ1n) is 5.92. The van der Waals surface area contributed by atoms with Crippen LogP contribution in [-0.4, -0.2) is 26.1 Å². The second kappa shape index (κ2) is 7.38. The first kappa shape index (κ1) is 15.0. The minimum Gasteiger partial charge on any atom is -0.496 e. The van der Waals surface area contributed by atoms with Crippen molar-refractivity contribution in [2.45, 2.75) is 19.9 Å². The molecular weight excluding hydrogens is 296 g/mol. The summed E-state index contributed by atoms with van der Waals surface area (Å²) in [5, 5.41) is 5.93. The van der Waals surface area contributed by atoms with Gasteiger partial charge < -0.3 is 15.4 Å². The molecule has 0 bridgehead atoms. The van der Waals surface area contributed by atoms with E-state index in [1.165, 1.54) is 0 Å². The van der Waals surface area contributed by atoms with E-state index in [0.29, 0.717) is 13.1 Å². The Hall–Kier alpha value is -1.07. The SMILES string of the molecule is CCNC(=O)CNC(C)c1ccc(OC)c(Br)c1. The number of amides is 1. The van der Waals surface area contributed by atoms with Crippen molar-refractivity contribution in [1.29, 1.82) is 0 Å². The minimum atomic E-state index is 0.0110. The van der Waals surface area contributed by atoms with E-state index in [-0.39, 0.29) is 11.9 Å². The van der Waals surface area contributed by atoms with Crippen molar-refractivity contribution in [1.82, 2.24) is 10.6 Å². The highest BCUT2D eigenvalue weighted by molar-refractivity contribution is 9.10. The van der Waals surface area contributed by atoms with Gasteiger partial charge in [-0.2, -0.15) is 0 Å². The standard InChI is InChI=1S/C13H19BrN2O2/c1-4-15-13(17)8-16-9(2)10-5-6-12(18-3)11(14)7-10/h5-7,9,16H,4,8H2,1-3H3,(H,15,17). The molecule has 1 unspecified atom stereocenters. The summed E-state index contributed by atoms with van der Waals surface area (Å²) in [6.07, 6.45) is 0. The van der Waals surface area contributed by atoms with E-state index in [4.69, 9.17) is 4.74 Å². The predicted octanol–water partition coefficient (Wildman–Crippen LogP) is 2.24. The van der Waals surface area contributed by atoms with Gasteiger partial charge in [0.1, 0.15) is 5.75 Å². The van der Waals surface area contributed by atoms with Gasteiger partial charge in [-0.3, -0.25) is 4.79 Å². The number of carbonyl (C=O) groups excluding carboxylic acids is 1. The summed E-state index contributed by atoms with van der Waals surface area (Å²) >= 11 is 3.45. The van der Waals surface area contributed by atoms with Crippen LogP contribution in [0.3, 0.4) is 0 Å². The second-order valence-electron chi connectivity index (χ2n) is 3.95. The van der Waals surface area contributed by atoms with Crippen LogP contribution in [0.5, 0.6) is 5.75 Å². The van der Waals surface area contributed by atoms with E-state index in [2.05, 4.69) is 26.6 Å². The Morgan fingerprint density at radius 1 is 1.50 bits per heavy atom. The maximum Gasteiger partial charge on any atom is 0.233 e. The largest absolute Gasteiger partial charge is 0.496 e. The normalized spacial score (nSPS) is 12.0. The van der Waals surface area contributed by atoms with Gasteiger partial charge in [-0.15, -0.1) is 0 Å². The van der Waals surface area contributed by atoms with Crippen molar-refractivity contribution in [3.05, 3.63) is 28.2 Å². The molecule has 100 valence electrons. The van der Waals surface area contributed by atoms with E-state index >= 15 is 0 Å². The minimum absolute atomic E-state index is 0.0110. The number of halogens is 1. The summed E-state index contributed by atoms with van der Waals surface area (Å²) in [5.74, 6) is 0.812. The number of hydrogen-bond acceptors (Lipinski definition) is 3. The average Bonchev–Trinajstić information content (AvgIpc) is 2.36. The lowest BCUT2D eigenvalue weighted by atomic mass is 10.1. The van der Waals surface area contributed by atoms with Gasteiger partial charge in [0.25, 0.3) is 0 Å². The van der Waals surface area contributed by atoms with Crippen LogP contribution < -0.4 is 15.4 Å². The van der Waals surface area contributed by atoms with E-state index in [9.17, 15) is 4.79 Å². The summed E-state index contributed by atoms with van der Waals surface area (Å²) < 4.78 is 6.09. The van der Waals surface area contributed by atoms with Crippen LogP contribution >= 0.6 is 15.9 Å². The quantitative estimate of drug-likeness (QED) is 0.846. The van der Waals surface area contributed by atoms with E-state index in [1.807, 2.05) is 32.0 Å². The lowest BCUT2D eigenvalue weighted by Crippen LogP contribution is -2.34. The van der Waals surface area contributed by atoms with Gasteiger partial charge >= 0.3 is 0 Å². The summed E-state index contributed by atoms with van der Waals surface area (Å²) in [5.41, 5.74) is 1.10. The molecule has 1 amide bonds. The molecule has 0 spiro atoms. The molecule has 1 atom stereocenters. The fourth-order valence-corrected chi connectivity index (χ4v) is 2.13. The molecule has 1 aromatic carbocycles. The third-order valence-electron chi connectivity index (χ3n) is 2.62. The number of ether oxygens (including phenoxy) is 1. The predicted molar refractivity (Wildman–Crippen MR) is 75.8 cm³/mol. The highest BCUT2D eigenvalue weighted by Crippen LogP contribution is 2.27. The van der Waals surface area contributed by atoms with Crippen LogP contribution in [-0.2, 0) is 4.79 Å². The van der Waals surface area contributed by atoms with Crippen LogP contribution in [0.1, 0.15) is 25.5 Å². The first-order valence-corrected chi connectivity index (χ1v) is 6.71. The summed E-state index contributed by atoms with van der Waals surface area (Å²) in [6.45, 7) is 4.90. The molecule has 0 fully saturated rings. The van der Waals surface area contributed by atoms with E-state index in [0.717, 1.165) is 15.8 Å². The van der Waals surface area contributed by atoms with Crippen LogP contribution in [0, 0.1) is 0 Å². The van der Waals surface area contributed by atoms with Gasteiger partial charge in [0.15, 0.2) is 0 Å². The van der Waals surface area contributed by atoms with E-state index < -0.39 is 0 Å². The molecule has 2 N–H and O–H groups in total. The Kier molecular flexibility index (Phi) is 6.15. The fourth-order valence-electron chi connectivity index (χ4n) is 1.58. The van der Waals surface area contributed by atoms with Gasteiger partial charge in [0, 0.05) is 12.6 Å². The maximum atomic E-state index is 11.3. The molecule has 4 nitrogen and oxygen atoms in total.